The van der Waals surface area contributed by atoms with Crippen LogP contribution in [-0.2, 0) is 10.0 Å². The van der Waals surface area contributed by atoms with Gasteiger partial charge in [0.1, 0.15) is 0 Å². The lowest BCUT2D eigenvalue weighted by Crippen LogP contribution is -2.50. The Labute approximate surface area is 130 Å². The molecular formula is C14H22N2O3S2. The summed E-state index contributed by atoms with van der Waals surface area (Å²) >= 11 is 1.46. The Balaban J connectivity index is 1.86. The molecule has 21 heavy (non-hydrogen) atoms. The van der Waals surface area contributed by atoms with Gasteiger partial charge in [0.25, 0.3) is 0 Å². The minimum Gasteiger partial charge on any atom is -0.399 e. The van der Waals surface area contributed by atoms with E-state index < -0.39 is 15.6 Å². The van der Waals surface area contributed by atoms with Gasteiger partial charge in [-0.2, -0.15) is 0 Å². The van der Waals surface area contributed by atoms with Crippen molar-refractivity contribution in [2.45, 2.75) is 36.1 Å². The Morgan fingerprint density at radius 1 is 1.33 bits per heavy atom. The molecule has 0 bridgehead atoms. The molecule has 0 atom stereocenters. The van der Waals surface area contributed by atoms with Gasteiger partial charge >= 0.3 is 0 Å². The van der Waals surface area contributed by atoms with E-state index in [-0.39, 0.29) is 12.4 Å². The van der Waals surface area contributed by atoms with Gasteiger partial charge < -0.3 is 10.8 Å². The predicted molar refractivity (Wildman–Crippen MR) is 86.8 cm³/mol. The zero-order chi connectivity index (χ0) is 15.3. The number of aliphatic hydroxyl groups is 1. The third-order valence-corrected chi connectivity index (χ3v) is 6.45. The largest absolute Gasteiger partial charge is 0.399 e. The van der Waals surface area contributed by atoms with Crippen molar-refractivity contribution >= 4 is 27.5 Å². The summed E-state index contributed by atoms with van der Waals surface area (Å²) in [6.07, 6.45) is 3.35. The van der Waals surface area contributed by atoms with Crippen LogP contribution in [0, 0.1) is 0 Å². The topological polar surface area (TPSA) is 92.4 Å². The van der Waals surface area contributed by atoms with E-state index in [2.05, 4.69) is 4.72 Å². The molecule has 118 valence electrons. The number of thioether (sulfide) groups is 1. The van der Waals surface area contributed by atoms with Crippen molar-refractivity contribution in [1.29, 1.82) is 0 Å². The summed E-state index contributed by atoms with van der Waals surface area (Å²) in [5.74, 6) is 0.495. The van der Waals surface area contributed by atoms with E-state index in [0.29, 0.717) is 24.3 Å². The van der Waals surface area contributed by atoms with Crippen LogP contribution in [0.2, 0.25) is 0 Å². The van der Waals surface area contributed by atoms with E-state index in [0.717, 1.165) is 17.7 Å². The average molecular weight is 330 g/mol. The normalized spacial score (nSPS) is 18.0. The molecule has 7 heteroatoms. The molecule has 0 spiro atoms. The molecule has 1 saturated carbocycles. The van der Waals surface area contributed by atoms with Crippen LogP contribution in [0.1, 0.15) is 25.7 Å². The van der Waals surface area contributed by atoms with Crippen LogP contribution in [0.25, 0.3) is 0 Å². The van der Waals surface area contributed by atoms with E-state index in [1.807, 2.05) is 18.2 Å². The fourth-order valence-electron chi connectivity index (χ4n) is 2.60. The molecule has 1 aromatic carbocycles. The minimum atomic E-state index is -3.38. The highest BCUT2D eigenvalue weighted by molar-refractivity contribution is 8.00. The highest BCUT2D eigenvalue weighted by Gasteiger charge is 2.36. The smallest absolute Gasteiger partial charge is 0.213 e. The number of nitrogens with two attached hydrogens (primary N) is 1. The highest BCUT2D eigenvalue weighted by Crippen LogP contribution is 2.30. The number of anilines is 1. The van der Waals surface area contributed by atoms with E-state index in [9.17, 15) is 13.5 Å². The van der Waals surface area contributed by atoms with Gasteiger partial charge in [-0.05, 0) is 31.0 Å². The third kappa shape index (κ3) is 4.88. The first-order valence-electron chi connectivity index (χ1n) is 7.06. The maximum atomic E-state index is 12.1. The molecule has 2 rings (SSSR count). The molecule has 1 aromatic rings. The second-order valence-corrected chi connectivity index (χ2v) is 8.50. The van der Waals surface area contributed by atoms with Gasteiger partial charge in [-0.3, -0.25) is 0 Å². The second-order valence-electron chi connectivity index (χ2n) is 5.49. The third-order valence-electron chi connectivity index (χ3n) is 3.71. The van der Waals surface area contributed by atoms with Crippen LogP contribution in [0.4, 0.5) is 5.69 Å². The zero-order valence-corrected chi connectivity index (χ0v) is 13.5. The van der Waals surface area contributed by atoms with Crippen LogP contribution in [0.5, 0.6) is 0 Å². The van der Waals surface area contributed by atoms with Crippen LogP contribution in [-0.4, -0.2) is 37.2 Å². The molecule has 0 radical (unpaired) electrons. The number of aliphatic hydroxyl groups excluding tert-OH is 1. The molecule has 0 aliphatic heterocycles. The highest BCUT2D eigenvalue weighted by atomic mass is 32.2. The number of hydrogen-bond donors (Lipinski definition) is 3. The number of nitrogens with one attached hydrogen (secondary N) is 1. The second kappa shape index (κ2) is 7.00. The Kier molecular flexibility index (Phi) is 5.54. The molecule has 0 aromatic heterocycles. The van der Waals surface area contributed by atoms with E-state index in [1.54, 1.807) is 6.07 Å². The van der Waals surface area contributed by atoms with Gasteiger partial charge in [-0.25, -0.2) is 13.1 Å². The molecule has 0 heterocycles. The summed E-state index contributed by atoms with van der Waals surface area (Å²) < 4.78 is 27.0. The number of benzene rings is 1. The summed E-state index contributed by atoms with van der Waals surface area (Å²) in [7, 11) is -3.38. The summed E-state index contributed by atoms with van der Waals surface area (Å²) in [5, 5.41) is 9.47. The van der Waals surface area contributed by atoms with Gasteiger partial charge in [-0.1, -0.05) is 18.9 Å². The van der Waals surface area contributed by atoms with Crippen molar-refractivity contribution in [3.05, 3.63) is 24.3 Å². The Morgan fingerprint density at radius 2 is 2.05 bits per heavy atom. The fourth-order valence-corrected chi connectivity index (χ4v) is 5.47. The molecule has 1 aliphatic rings. The monoisotopic (exact) mass is 330 g/mol. The summed E-state index contributed by atoms with van der Waals surface area (Å²) in [5.41, 5.74) is 5.72. The van der Waals surface area contributed by atoms with Crippen LogP contribution in [0.15, 0.2) is 29.2 Å². The first-order valence-corrected chi connectivity index (χ1v) is 9.69. The van der Waals surface area contributed by atoms with Gasteiger partial charge in [0.05, 0.1) is 17.9 Å². The molecule has 0 unspecified atom stereocenters. The first-order chi connectivity index (χ1) is 9.95. The van der Waals surface area contributed by atoms with Gasteiger partial charge in [0.2, 0.25) is 10.0 Å². The molecular weight excluding hydrogens is 308 g/mol. The van der Waals surface area contributed by atoms with Crippen LogP contribution >= 0.6 is 11.8 Å². The van der Waals surface area contributed by atoms with E-state index in [1.165, 1.54) is 11.8 Å². The van der Waals surface area contributed by atoms with Crippen molar-refractivity contribution in [1.82, 2.24) is 4.72 Å². The summed E-state index contributed by atoms with van der Waals surface area (Å²) in [6, 6.07) is 7.39. The van der Waals surface area contributed by atoms with Gasteiger partial charge in [0.15, 0.2) is 0 Å². The number of sulfonamides is 1. The van der Waals surface area contributed by atoms with Crippen molar-refractivity contribution < 1.29 is 13.5 Å². The molecule has 1 aliphatic carbocycles. The lowest BCUT2D eigenvalue weighted by molar-refractivity contribution is 0.185. The Morgan fingerprint density at radius 3 is 2.67 bits per heavy atom. The van der Waals surface area contributed by atoms with Gasteiger partial charge in [-0.15, -0.1) is 11.8 Å². The number of rotatable bonds is 7. The minimum absolute atomic E-state index is 0.0359. The van der Waals surface area contributed by atoms with Crippen molar-refractivity contribution in [3.63, 3.8) is 0 Å². The zero-order valence-electron chi connectivity index (χ0n) is 11.9. The fraction of sp³-hybridized carbons (Fsp3) is 0.571. The molecule has 0 saturated heterocycles. The van der Waals surface area contributed by atoms with E-state index >= 15 is 0 Å². The van der Waals surface area contributed by atoms with Crippen molar-refractivity contribution in [2.24, 2.45) is 0 Å². The quantitative estimate of drug-likeness (QED) is 0.521. The SMILES string of the molecule is Nc1cccc(SCCS(=O)(=O)NC2(CO)CCCC2)c1. The van der Waals surface area contributed by atoms with Gasteiger partial charge in [0, 0.05) is 16.3 Å². The van der Waals surface area contributed by atoms with E-state index in [4.69, 9.17) is 5.73 Å². The average Bonchev–Trinajstić information content (AvgIpc) is 2.87. The standard InChI is InChI=1S/C14H22N2O3S2/c15-12-4-3-5-13(10-12)20-8-9-21(18,19)16-14(11-17)6-1-2-7-14/h3-5,10,16-17H,1-2,6-9,11,15H2. The summed E-state index contributed by atoms with van der Waals surface area (Å²) in [6.45, 7) is -0.130. The maximum absolute atomic E-state index is 12.1. The lowest BCUT2D eigenvalue weighted by Gasteiger charge is -2.27. The molecule has 0 amide bonds. The lowest BCUT2D eigenvalue weighted by atomic mass is 10.0. The molecule has 5 nitrogen and oxygen atoms in total. The Bertz CT molecular complexity index is 569. The first kappa shape index (κ1) is 16.6. The van der Waals surface area contributed by atoms with Crippen molar-refractivity contribution in [2.75, 3.05) is 23.8 Å². The number of nitrogen functional groups attached to an aromatic ring is 1. The molecule has 4 N–H and O–H groups in total. The molecule has 1 fully saturated rings. The summed E-state index contributed by atoms with van der Waals surface area (Å²) in [4.78, 5) is 0.961. The van der Waals surface area contributed by atoms with Crippen LogP contribution < -0.4 is 10.5 Å². The van der Waals surface area contributed by atoms with Crippen LogP contribution in [0.3, 0.4) is 0 Å². The maximum Gasteiger partial charge on any atom is 0.213 e. The number of hydrogen-bond acceptors (Lipinski definition) is 5. The van der Waals surface area contributed by atoms with Crippen molar-refractivity contribution in [3.8, 4) is 0 Å². The Hall–Kier alpha value is -0.760. The predicted octanol–water partition coefficient (Wildman–Crippen LogP) is 1.59.